The first-order valence-electron chi connectivity index (χ1n) is 8.06. The van der Waals surface area contributed by atoms with E-state index in [2.05, 4.69) is 31.1 Å². The number of nitrogens with one attached hydrogen (secondary N) is 1. The standard InChI is InChI=1S/C16H26N4/c1-4-10-17-14-11(2)16(20(3)13-6-5-7-13)19-15(18-14)12-8-9-12/h12-13H,4-10H2,1-3H3,(H,17,18,19). The molecular weight excluding hydrogens is 248 g/mol. The van der Waals surface area contributed by atoms with E-state index in [1.165, 1.54) is 37.7 Å². The summed E-state index contributed by atoms with van der Waals surface area (Å²) in [7, 11) is 2.19. The number of anilines is 2. The first-order valence-corrected chi connectivity index (χ1v) is 8.06. The van der Waals surface area contributed by atoms with Crippen LogP contribution in [0, 0.1) is 6.92 Å². The van der Waals surface area contributed by atoms with Gasteiger partial charge in [0.1, 0.15) is 17.5 Å². The van der Waals surface area contributed by atoms with E-state index in [9.17, 15) is 0 Å². The molecule has 2 aliphatic rings. The quantitative estimate of drug-likeness (QED) is 0.862. The first-order chi connectivity index (χ1) is 9.70. The normalized spacial score (nSPS) is 18.8. The van der Waals surface area contributed by atoms with Crippen LogP contribution in [0.25, 0.3) is 0 Å². The molecule has 0 radical (unpaired) electrons. The number of hydrogen-bond acceptors (Lipinski definition) is 4. The number of aromatic nitrogens is 2. The van der Waals surface area contributed by atoms with Crippen LogP contribution in [0.3, 0.4) is 0 Å². The van der Waals surface area contributed by atoms with Gasteiger partial charge in [0, 0.05) is 31.1 Å². The summed E-state index contributed by atoms with van der Waals surface area (Å²) in [5.74, 6) is 3.84. The van der Waals surface area contributed by atoms with Crippen LogP contribution < -0.4 is 10.2 Å². The second-order valence-electron chi connectivity index (χ2n) is 6.28. The Balaban J connectivity index is 1.91. The molecule has 0 aliphatic heterocycles. The molecular formula is C16H26N4. The molecule has 4 nitrogen and oxygen atoms in total. The fraction of sp³-hybridized carbons (Fsp3) is 0.750. The number of nitrogens with zero attached hydrogens (tertiary/aromatic N) is 3. The van der Waals surface area contributed by atoms with Gasteiger partial charge in [0.15, 0.2) is 0 Å². The molecule has 1 aromatic rings. The lowest BCUT2D eigenvalue weighted by Gasteiger charge is -2.36. The highest BCUT2D eigenvalue weighted by molar-refractivity contribution is 5.59. The summed E-state index contributed by atoms with van der Waals surface area (Å²) >= 11 is 0. The highest BCUT2D eigenvalue weighted by atomic mass is 15.2. The van der Waals surface area contributed by atoms with E-state index in [1.807, 2.05) is 0 Å². The maximum absolute atomic E-state index is 4.88. The Hall–Kier alpha value is -1.32. The summed E-state index contributed by atoms with van der Waals surface area (Å²) in [5.41, 5.74) is 1.21. The zero-order valence-electron chi connectivity index (χ0n) is 12.9. The molecule has 3 rings (SSSR count). The van der Waals surface area contributed by atoms with Crippen molar-refractivity contribution in [2.75, 3.05) is 23.8 Å². The van der Waals surface area contributed by atoms with Crippen molar-refractivity contribution in [1.29, 1.82) is 0 Å². The molecule has 0 aromatic carbocycles. The van der Waals surface area contributed by atoms with E-state index in [-0.39, 0.29) is 0 Å². The van der Waals surface area contributed by atoms with Gasteiger partial charge in [0.2, 0.25) is 0 Å². The predicted octanol–water partition coefficient (Wildman–Crippen LogP) is 3.47. The Kier molecular flexibility index (Phi) is 3.81. The predicted molar refractivity (Wildman–Crippen MR) is 83.6 cm³/mol. The van der Waals surface area contributed by atoms with Gasteiger partial charge in [-0.05, 0) is 45.4 Å². The Labute approximate surface area is 122 Å². The molecule has 0 unspecified atom stereocenters. The lowest BCUT2D eigenvalue weighted by Crippen LogP contribution is -2.38. The van der Waals surface area contributed by atoms with Gasteiger partial charge in [-0.1, -0.05) is 6.92 Å². The largest absolute Gasteiger partial charge is 0.370 e. The molecule has 0 bridgehead atoms. The van der Waals surface area contributed by atoms with Gasteiger partial charge in [-0.15, -0.1) is 0 Å². The summed E-state index contributed by atoms with van der Waals surface area (Å²) < 4.78 is 0. The molecule has 1 aromatic heterocycles. The van der Waals surface area contributed by atoms with E-state index in [4.69, 9.17) is 9.97 Å². The zero-order valence-corrected chi connectivity index (χ0v) is 12.9. The van der Waals surface area contributed by atoms with Crippen molar-refractivity contribution in [1.82, 2.24) is 9.97 Å². The summed E-state index contributed by atoms with van der Waals surface area (Å²) in [6, 6.07) is 0.676. The van der Waals surface area contributed by atoms with Crippen molar-refractivity contribution < 1.29 is 0 Å². The topological polar surface area (TPSA) is 41.1 Å². The second-order valence-corrected chi connectivity index (χ2v) is 6.28. The van der Waals surface area contributed by atoms with Crippen molar-refractivity contribution in [2.45, 2.75) is 64.3 Å². The maximum atomic E-state index is 4.88. The van der Waals surface area contributed by atoms with E-state index in [0.717, 1.165) is 30.4 Å². The Morgan fingerprint density at radius 2 is 1.95 bits per heavy atom. The fourth-order valence-electron chi connectivity index (χ4n) is 2.75. The number of rotatable bonds is 6. The third-order valence-electron chi connectivity index (χ3n) is 4.58. The Bertz CT molecular complexity index is 478. The van der Waals surface area contributed by atoms with Gasteiger partial charge in [-0.3, -0.25) is 0 Å². The molecule has 2 saturated carbocycles. The van der Waals surface area contributed by atoms with Gasteiger partial charge < -0.3 is 10.2 Å². The lowest BCUT2D eigenvalue weighted by molar-refractivity contribution is 0.398. The highest BCUT2D eigenvalue weighted by Gasteiger charge is 2.30. The van der Waals surface area contributed by atoms with Crippen LogP contribution in [0.4, 0.5) is 11.6 Å². The summed E-state index contributed by atoms with van der Waals surface area (Å²) in [4.78, 5) is 12.0. The van der Waals surface area contributed by atoms with Gasteiger partial charge >= 0.3 is 0 Å². The molecule has 0 atom stereocenters. The van der Waals surface area contributed by atoms with Crippen molar-refractivity contribution in [2.24, 2.45) is 0 Å². The molecule has 110 valence electrons. The molecule has 0 saturated heterocycles. The van der Waals surface area contributed by atoms with Crippen LogP contribution in [0.15, 0.2) is 0 Å². The molecule has 20 heavy (non-hydrogen) atoms. The SMILES string of the molecule is CCCNc1nc(C2CC2)nc(N(C)C2CCC2)c1C. The van der Waals surface area contributed by atoms with Gasteiger partial charge in [0.05, 0.1) is 0 Å². The van der Waals surface area contributed by atoms with Crippen LogP contribution in [-0.4, -0.2) is 29.6 Å². The third kappa shape index (κ3) is 2.60. The minimum Gasteiger partial charge on any atom is -0.370 e. The first kappa shape index (κ1) is 13.7. The summed E-state index contributed by atoms with van der Waals surface area (Å²) in [6.45, 7) is 5.32. The van der Waals surface area contributed by atoms with E-state index in [1.54, 1.807) is 0 Å². The molecule has 2 aliphatic carbocycles. The monoisotopic (exact) mass is 274 g/mol. The van der Waals surface area contributed by atoms with Crippen LogP contribution in [0.5, 0.6) is 0 Å². The molecule has 0 spiro atoms. The van der Waals surface area contributed by atoms with Gasteiger partial charge in [-0.2, -0.15) is 0 Å². The van der Waals surface area contributed by atoms with E-state index >= 15 is 0 Å². The summed E-state index contributed by atoms with van der Waals surface area (Å²) in [5, 5.41) is 3.48. The lowest BCUT2D eigenvalue weighted by atomic mass is 9.91. The smallest absolute Gasteiger partial charge is 0.137 e. The molecule has 1 N–H and O–H groups in total. The number of hydrogen-bond donors (Lipinski definition) is 1. The van der Waals surface area contributed by atoms with E-state index in [0.29, 0.717) is 12.0 Å². The Morgan fingerprint density at radius 1 is 1.20 bits per heavy atom. The average molecular weight is 274 g/mol. The molecule has 4 heteroatoms. The van der Waals surface area contributed by atoms with Crippen molar-refractivity contribution in [3.05, 3.63) is 11.4 Å². The second kappa shape index (κ2) is 5.58. The van der Waals surface area contributed by atoms with Crippen LogP contribution in [0.2, 0.25) is 0 Å². The molecule has 0 amide bonds. The van der Waals surface area contributed by atoms with Crippen molar-refractivity contribution >= 4 is 11.6 Å². The van der Waals surface area contributed by atoms with Crippen molar-refractivity contribution in [3.8, 4) is 0 Å². The average Bonchev–Trinajstić information content (AvgIpc) is 3.19. The maximum Gasteiger partial charge on any atom is 0.137 e. The van der Waals surface area contributed by atoms with E-state index < -0.39 is 0 Å². The third-order valence-corrected chi connectivity index (χ3v) is 4.58. The molecule has 2 fully saturated rings. The van der Waals surface area contributed by atoms with Crippen LogP contribution >= 0.6 is 0 Å². The molecule has 1 heterocycles. The Morgan fingerprint density at radius 3 is 2.50 bits per heavy atom. The van der Waals surface area contributed by atoms with Crippen LogP contribution in [-0.2, 0) is 0 Å². The van der Waals surface area contributed by atoms with Gasteiger partial charge in [-0.25, -0.2) is 9.97 Å². The highest BCUT2D eigenvalue weighted by Crippen LogP contribution is 2.40. The fourth-order valence-corrected chi connectivity index (χ4v) is 2.75. The van der Waals surface area contributed by atoms with Crippen LogP contribution in [0.1, 0.15) is 62.8 Å². The minimum atomic E-state index is 0.603. The minimum absolute atomic E-state index is 0.603. The summed E-state index contributed by atoms with van der Waals surface area (Å²) in [6.07, 6.45) is 7.59. The van der Waals surface area contributed by atoms with Crippen molar-refractivity contribution in [3.63, 3.8) is 0 Å². The van der Waals surface area contributed by atoms with Gasteiger partial charge in [0.25, 0.3) is 0 Å². The zero-order chi connectivity index (χ0) is 14.1.